The molecule has 0 aliphatic heterocycles. The summed E-state index contributed by atoms with van der Waals surface area (Å²) in [5.74, 6) is -0.211. The molecule has 31 heavy (non-hydrogen) atoms. The standard InChI is InChI=1S/C25H23N3O2S/c29-23(14-15-26-24(30)16-18-6-2-1-3-7-18)27-20-12-10-19(11-13-20)17-25-28-21-8-4-5-9-22(21)31-25/h1-13H,14-17H2,(H,26,30)(H,27,29). The van der Waals surface area contributed by atoms with Crippen LogP contribution in [0.3, 0.4) is 0 Å². The van der Waals surface area contributed by atoms with Crippen LogP contribution in [0.1, 0.15) is 22.6 Å². The number of benzene rings is 3. The van der Waals surface area contributed by atoms with Gasteiger partial charge in [0.05, 0.1) is 21.6 Å². The third kappa shape index (κ3) is 5.99. The molecule has 4 rings (SSSR count). The molecule has 6 heteroatoms. The monoisotopic (exact) mass is 429 g/mol. The molecule has 1 aromatic heterocycles. The summed E-state index contributed by atoms with van der Waals surface area (Å²) in [5.41, 5.74) is 3.87. The van der Waals surface area contributed by atoms with E-state index < -0.39 is 0 Å². The van der Waals surface area contributed by atoms with Crippen LogP contribution in [0.15, 0.2) is 78.9 Å². The molecule has 4 aromatic rings. The van der Waals surface area contributed by atoms with Crippen molar-refractivity contribution in [3.63, 3.8) is 0 Å². The average Bonchev–Trinajstić information content (AvgIpc) is 3.18. The molecule has 3 aromatic carbocycles. The van der Waals surface area contributed by atoms with Crippen LogP contribution in [-0.2, 0) is 22.4 Å². The van der Waals surface area contributed by atoms with Gasteiger partial charge >= 0.3 is 0 Å². The van der Waals surface area contributed by atoms with E-state index in [4.69, 9.17) is 0 Å². The molecule has 0 radical (unpaired) electrons. The molecule has 0 aliphatic carbocycles. The minimum absolute atomic E-state index is 0.0850. The second kappa shape index (κ2) is 10.00. The Morgan fingerprint density at radius 3 is 2.32 bits per heavy atom. The Hall–Kier alpha value is -3.51. The fourth-order valence-electron chi connectivity index (χ4n) is 3.26. The summed E-state index contributed by atoms with van der Waals surface area (Å²) in [4.78, 5) is 28.8. The van der Waals surface area contributed by atoms with E-state index in [2.05, 4.69) is 21.7 Å². The van der Waals surface area contributed by atoms with Crippen LogP contribution in [0.5, 0.6) is 0 Å². The van der Waals surface area contributed by atoms with Gasteiger partial charge in [0, 0.05) is 25.1 Å². The van der Waals surface area contributed by atoms with E-state index in [1.54, 1.807) is 11.3 Å². The molecule has 0 saturated heterocycles. The number of thiazole rings is 1. The summed E-state index contributed by atoms with van der Waals surface area (Å²) in [6, 6.07) is 25.5. The summed E-state index contributed by atoms with van der Waals surface area (Å²) < 4.78 is 1.19. The Bertz CT molecular complexity index is 1140. The van der Waals surface area contributed by atoms with Gasteiger partial charge in [-0.05, 0) is 35.4 Å². The summed E-state index contributed by atoms with van der Waals surface area (Å²) in [6.45, 7) is 0.313. The summed E-state index contributed by atoms with van der Waals surface area (Å²) in [6.07, 6.45) is 1.31. The fourth-order valence-corrected chi connectivity index (χ4v) is 4.26. The third-order valence-corrected chi connectivity index (χ3v) is 5.85. The highest BCUT2D eigenvalue weighted by Gasteiger charge is 2.07. The Labute approximate surface area is 185 Å². The highest BCUT2D eigenvalue weighted by molar-refractivity contribution is 7.18. The van der Waals surface area contributed by atoms with E-state index in [0.717, 1.165) is 33.8 Å². The normalized spacial score (nSPS) is 10.7. The number of nitrogens with one attached hydrogen (secondary N) is 2. The highest BCUT2D eigenvalue weighted by atomic mass is 32.1. The number of carbonyl (C=O) groups is 2. The lowest BCUT2D eigenvalue weighted by Gasteiger charge is -2.08. The largest absolute Gasteiger partial charge is 0.355 e. The summed E-state index contributed by atoms with van der Waals surface area (Å²) in [7, 11) is 0. The molecule has 1 heterocycles. The number of aromatic nitrogens is 1. The van der Waals surface area contributed by atoms with Crippen LogP contribution in [-0.4, -0.2) is 23.3 Å². The second-order valence-corrected chi connectivity index (χ2v) is 8.37. The molecule has 0 atom stereocenters. The van der Waals surface area contributed by atoms with Crippen LogP contribution >= 0.6 is 11.3 Å². The number of hydrogen-bond acceptors (Lipinski definition) is 4. The molecular weight excluding hydrogens is 406 g/mol. The first kappa shape index (κ1) is 20.8. The fraction of sp³-hybridized carbons (Fsp3) is 0.160. The van der Waals surface area contributed by atoms with Crippen molar-refractivity contribution in [3.8, 4) is 0 Å². The lowest BCUT2D eigenvalue weighted by atomic mass is 10.1. The zero-order chi connectivity index (χ0) is 21.5. The minimum Gasteiger partial charge on any atom is -0.355 e. The molecule has 0 bridgehead atoms. The van der Waals surface area contributed by atoms with E-state index >= 15 is 0 Å². The minimum atomic E-state index is -0.126. The Kier molecular flexibility index (Phi) is 6.69. The van der Waals surface area contributed by atoms with E-state index in [0.29, 0.717) is 13.0 Å². The number of para-hydroxylation sites is 1. The molecule has 5 nitrogen and oxygen atoms in total. The van der Waals surface area contributed by atoms with Gasteiger partial charge in [-0.2, -0.15) is 0 Å². The predicted molar refractivity (Wildman–Crippen MR) is 125 cm³/mol. The number of hydrogen-bond donors (Lipinski definition) is 2. The number of nitrogens with zero attached hydrogens (tertiary/aromatic N) is 1. The molecular formula is C25H23N3O2S. The Balaban J connectivity index is 1.22. The molecule has 0 fully saturated rings. The topological polar surface area (TPSA) is 71.1 Å². The lowest BCUT2D eigenvalue weighted by Crippen LogP contribution is -2.28. The van der Waals surface area contributed by atoms with E-state index in [-0.39, 0.29) is 18.2 Å². The van der Waals surface area contributed by atoms with Crippen LogP contribution < -0.4 is 10.6 Å². The Morgan fingerprint density at radius 2 is 1.55 bits per heavy atom. The van der Waals surface area contributed by atoms with Gasteiger partial charge in [-0.15, -0.1) is 11.3 Å². The number of amides is 2. The van der Waals surface area contributed by atoms with Gasteiger partial charge in [0.15, 0.2) is 0 Å². The summed E-state index contributed by atoms with van der Waals surface area (Å²) >= 11 is 1.70. The molecule has 156 valence electrons. The molecule has 0 saturated carbocycles. The molecule has 0 aliphatic rings. The first-order valence-electron chi connectivity index (χ1n) is 10.2. The van der Waals surface area contributed by atoms with Gasteiger partial charge in [-0.25, -0.2) is 4.98 Å². The van der Waals surface area contributed by atoms with E-state index in [1.807, 2.05) is 72.8 Å². The van der Waals surface area contributed by atoms with Crippen LogP contribution in [0.2, 0.25) is 0 Å². The first-order chi connectivity index (χ1) is 15.2. The predicted octanol–water partition coefficient (Wildman–Crippen LogP) is 4.57. The smallest absolute Gasteiger partial charge is 0.226 e. The number of carbonyl (C=O) groups excluding carboxylic acids is 2. The van der Waals surface area contributed by atoms with Crippen molar-refractivity contribution in [2.75, 3.05) is 11.9 Å². The van der Waals surface area contributed by atoms with Crippen molar-refractivity contribution in [2.45, 2.75) is 19.3 Å². The maximum absolute atomic E-state index is 12.2. The summed E-state index contributed by atoms with van der Waals surface area (Å²) in [5, 5.41) is 6.74. The van der Waals surface area contributed by atoms with E-state index in [1.165, 1.54) is 4.70 Å². The van der Waals surface area contributed by atoms with Crippen molar-refractivity contribution in [3.05, 3.63) is 95.0 Å². The zero-order valence-corrected chi connectivity index (χ0v) is 17.8. The zero-order valence-electron chi connectivity index (χ0n) is 17.0. The molecule has 0 spiro atoms. The SMILES string of the molecule is O=C(Cc1ccccc1)NCCC(=O)Nc1ccc(Cc2nc3ccccc3s2)cc1. The third-order valence-electron chi connectivity index (χ3n) is 4.81. The molecule has 2 N–H and O–H groups in total. The Morgan fingerprint density at radius 1 is 0.806 bits per heavy atom. The van der Waals surface area contributed by atoms with Gasteiger partial charge in [0.1, 0.15) is 0 Å². The van der Waals surface area contributed by atoms with Crippen molar-refractivity contribution in [1.82, 2.24) is 10.3 Å². The first-order valence-corrected chi connectivity index (χ1v) is 11.0. The lowest BCUT2D eigenvalue weighted by molar-refractivity contribution is -0.120. The van der Waals surface area contributed by atoms with Gasteiger partial charge in [-0.1, -0.05) is 54.6 Å². The van der Waals surface area contributed by atoms with Gasteiger partial charge < -0.3 is 10.6 Å². The van der Waals surface area contributed by atoms with Crippen LogP contribution in [0.4, 0.5) is 5.69 Å². The van der Waals surface area contributed by atoms with E-state index in [9.17, 15) is 9.59 Å². The number of anilines is 1. The van der Waals surface area contributed by atoms with Gasteiger partial charge in [-0.3, -0.25) is 9.59 Å². The maximum Gasteiger partial charge on any atom is 0.226 e. The van der Waals surface area contributed by atoms with Gasteiger partial charge in [0.25, 0.3) is 0 Å². The quantitative estimate of drug-likeness (QED) is 0.431. The highest BCUT2D eigenvalue weighted by Crippen LogP contribution is 2.24. The van der Waals surface area contributed by atoms with Crippen molar-refractivity contribution < 1.29 is 9.59 Å². The maximum atomic E-state index is 12.2. The van der Waals surface area contributed by atoms with Gasteiger partial charge in [0.2, 0.25) is 11.8 Å². The second-order valence-electron chi connectivity index (χ2n) is 7.26. The van der Waals surface area contributed by atoms with Crippen LogP contribution in [0, 0.1) is 0 Å². The number of rotatable bonds is 8. The molecule has 2 amide bonds. The number of fused-ring (bicyclic) bond motifs is 1. The average molecular weight is 430 g/mol. The van der Waals surface area contributed by atoms with Crippen molar-refractivity contribution >= 4 is 39.1 Å². The molecule has 0 unspecified atom stereocenters. The van der Waals surface area contributed by atoms with Crippen molar-refractivity contribution in [1.29, 1.82) is 0 Å². The van der Waals surface area contributed by atoms with Crippen molar-refractivity contribution in [2.24, 2.45) is 0 Å². The van der Waals surface area contributed by atoms with Crippen LogP contribution in [0.25, 0.3) is 10.2 Å².